The van der Waals surface area contributed by atoms with Crippen LogP contribution in [0.1, 0.15) is 15.9 Å². The van der Waals surface area contributed by atoms with E-state index in [9.17, 15) is 13.6 Å². The van der Waals surface area contributed by atoms with Crippen molar-refractivity contribution in [3.8, 4) is 0 Å². The lowest BCUT2D eigenvalue weighted by Gasteiger charge is -2.01. The van der Waals surface area contributed by atoms with Crippen LogP contribution in [0.5, 0.6) is 0 Å². The first kappa shape index (κ1) is 12.6. The Labute approximate surface area is 115 Å². The van der Waals surface area contributed by atoms with E-state index in [1.807, 2.05) is 0 Å². The number of hydrogen-bond donors (Lipinski definition) is 0. The average Bonchev–Trinajstić information content (AvgIpc) is 2.69. The summed E-state index contributed by atoms with van der Waals surface area (Å²) in [7, 11) is 0. The van der Waals surface area contributed by atoms with Gasteiger partial charge in [-0.15, -0.1) is 11.3 Å². The highest BCUT2D eigenvalue weighted by atomic mass is 127. The van der Waals surface area contributed by atoms with Gasteiger partial charge >= 0.3 is 0 Å². The van der Waals surface area contributed by atoms with Crippen LogP contribution in [0.2, 0.25) is 0 Å². The second-order valence-corrected chi connectivity index (χ2v) is 6.28. The topological polar surface area (TPSA) is 17.1 Å². The SMILES string of the molecule is O=C(Cc1ccc(F)cc1F)c1csc(I)c1. The Balaban J connectivity index is 2.18. The van der Waals surface area contributed by atoms with Crippen molar-refractivity contribution >= 4 is 39.7 Å². The molecule has 1 heterocycles. The molecule has 0 unspecified atom stereocenters. The first-order chi connectivity index (χ1) is 8.06. The van der Waals surface area contributed by atoms with Crippen LogP contribution < -0.4 is 0 Å². The van der Waals surface area contributed by atoms with Gasteiger partial charge in [-0.05, 0) is 40.3 Å². The number of halogens is 3. The van der Waals surface area contributed by atoms with E-state index in [-0.39, 0.29) is 17.8 Å². The minimum atomic E-state index is -0.678. The monoisotopic (exact) mass is 364 g/mol. The molecular formula is C12H7F2IOS. The van der Waals surface area contributed by atoms with Gasteiger partial charge in [0.1, 0.15) is 11.6 Å². The van der Waals surface area contributed by atoms with Gasteiger partial charge in [0.25, 0.3) is 0 Å². The van der Waals surface area contributed by atoms with Gasteiger partial charge in [-0.25, -0.2) is 8.78 Å². The third-order valence-corrected chi connectivity index (χ3v) is 4.04. The summed E-state index contributed by atoms with van der Waals surface area (Å²) in [6.07, 6.45) is -0.0427. The maximum Gasteiger partial charge on any atom is 0.168 e. The Kier molecular flexibility index (Phi) is 3.88. The summed E-state index contributed by atoms with van der Waals surface area (Å²) in [6, 6.07) is 5.01. The molecule has 0 saturated heterocycles. The first-order valence-corrected chi connectivity index (χ1v) is 6.73. The van der Waals surface area contributed by atoms with Crippen LogP contribution in [0.4, 0.5) is 8.78 Å². The highest BCUT2D eigenvalue weighted by molar-refractivity contribution is 14.1. The molecule has 0 amide bonds. The number of Topliss-reactive ketones (excluding diaryl/α,β-unsaturated/α-hetero) is 1. The Hall–Kier alpha value is -0.820. The molecule has 0 N–H and O–H groups in total. The molecule has 1 nitrogen and oxygen atoms in total. The lowest BCUT2D eigenvalue weighted by Crippen LogP contribution is -2.04. The fourth-order valence-corrected chi connectivity index (χ4v) is 2.75. The number of thiophene rings is 1. The van der Waals surface area contributed by atoms with E-state index in [2.05, 4.69) is 22.6 Å². The summed E-state index contributed by atoms with van der Waals surface area (Å²) in [5.41, 5.74) is 0.792. The third-order valence-electron chi connectivity index (χ3n) is 2.26. The van der Waals surface area contributed by atoms with Gasteiger partial charge in [0, 0.05) is 23.4 Å². The van der Waals surface area contributed by atoms with Crippen molar-refractivity contribution in [3.63, 3.8) is 0 Å². The summed E-state index contributed by atoms with van der Waals surface area (Å²) in [5, 5.41) is 1.74. The number of ketones is 1. The zero-order valence-corrected chi connectivity index (χ0v) is 11.5. The first-order valence-electron chi connectivity index (χ1n) is 4.77. The van der Waals surface area contributed by atoms with E-state index < -0.39 is 11.6 Å². The van der Waals surface area contributed by atoms with Crippen LogP contribution >= 0.6 is 33.9 Å². The number of rotatable bonds is 3. The van der Waals surface area contributed by atoms with Gasteiger partial charge in [-0.1, -0.05) is 6.07 Å². The third kappa shape index (κ3) is 3.10. The molecule has 2 aromatic rings. The van der Waals surface area contributed by atoms with Gasteiger partial charge < -0.3 is 0 Å². The predicted octanol–water partition coefficient (Wildman–Crippen LogP) is 4.06. The molecule has 0 fully saturated rings. The summed E-state index contributed by atoms with van der Waals surface area (Å²) >= 11 is 3.58. The van der Waals surface area contributed by atoms with E-state index in [4.69, 9.17) is 0 Å². The molecule has 0 aliphatic carbocycles. The van der Waals surface area contributed by atoms with Crippen molar-refractivity contribution in [3.05, 3.63) is 55.3 Å². The minimum Gasteiger partial charge on any atom is -0.294 e. The van der Waals surface area contributed by atoms with Crippen LogP contribution in [0.25, 0.3) is 0 Å². The molecule has 1 aromatic carbocycles. The molecule has 0 saturated carbocycles. The number of carbonyl (C=O) groups is 1. The molecule has 0 aliphatic rings. The quantitative estimate of drug-likeness (QED) is 0.593. The van der Waals surface area contributed by atoms with Gasteiger partial charge in [-0.3, -0.25) is 4.79 Å². The Morgan fingerprint density at radius 1 is 1.29 bits per heavy atom. The zero-order chi connectivity index (χ0) is 12.4. The maximum absolute atomic E-state index is 13.3. The van der Waals surface area contributed by atoms with Crippen molar-refractivity contribution < 1.29 is 13.6 Å². The van der Waals surface area contributed by atoms with Crippen molar-refractivity contribution in [1.82, 2.24) is 0 Å². The molecule has 5 heteroatoms. The smallest absolute Gasteiger partial charge is 0.168 e. The number of benzene rings is 1. The highest BCUT2D eigenvalue weighted by Gasteiger charge is 2.12. The molecule has 0 bridgehead atoms. The van der Waals surface area contributed by atoms with Crippen molar-refractivity contribution in [2.45, 2.75) is 6.42 Å². The van der Waals surface area contributed by atoms with Gasteiger partial charge in [0.2, 0.25) is 0 Å². The Bertz CT molecular complexity index is 565. The Morgan fingerprint density at radius 2 is 2.06 bits per heavy atom. The molecular weight excluding hydrogens is 357 g/mol. The van der Waals surface area contributed by atoms with Crippen LogP contribution in [0.15, 0.2) is 29.6 Å². The minimum absolute atomic E-state index is 0.0427. The van der Waals surface area contributed by atoms with Gasteiger partial charge in [0.05, 0.1) is 2.88 Å². The van der Waals surface area contributed by atoms with E-state index >= 15 is 0 Å². The van der Waals surface area contributed by atoms with Crippen LogP contribution in [-0.2, 0) is 6.42 Å². The summed E-state index contributed by atoms with van der Waals surface area (Å²) < 4.78 is 27.0. The fourth-order valence-electron chi connectivity index (χ4n) is 1.40. The standard InChI is InChI=1S/C12H7F2IOS/c13-9-2-1-7(10(14)5-9)3-11(16)8-4-12(15)17-6-8/h1-2,4-6H,3H2. The Morgan fingerprint density at radius 3 is 2.65 bits per heavy atom. The molecule has 0 spiro atoms. The maximum atomic E-state index is 13.3. The lowest BCUT2D eigenvalue weighted by molar-refractivity contribution is 0.0992. The van der Waals surface area contributed by atoms with E-state index in [0.29, 0.717) is 5.56 Å². The number of hydrogen-bond acceptors (Lipinski definition) is 2. The largest absolute Gasteiger partial charge is 0.294 e. The molecule has 17 heavy (non-hydrogen) atoms. The molecule has 0 aliphatic heterocycles. The molecule has 0 atom stereocenters. The normalized spacial score (nSPS) is 10.5. The predicted molar refractivity (Wildman–Crippen MR) is 71.4 cm³/mol. The van der Waals surface area contributed by atoms with E-state index in [1.165, 1.54) is 17.4 Å². The molecule has 0 radical (unpaired) electrons. The summed E-state index contributed by atoms with van der Waals surface area (Å²) in [4.78, 5) is 11.8. The average molecular weight is 364 g/mol. The summed E-state index contributed by atoms with van der Waals surface area (Å²) in [5.74, 6) is -1.47. The zero-order valence-electron chi connectivity index (χ0n) is 8.54. The molecule has 2 rings (SSSR count). The fraction of sp³-hybridized carbons (Fsp3) is 0.0833. The van der Waals surface area contributed by atoms with Gasteiger partial charge in [0.15, 0.2) is 5.78 Å². The highest BCUT2D eigenvalue weighted by Crippen LogP contribution is 2.19. The number of carbonyl (C=O) groups excluding carboxylic acids is 1. The second kappa shape index (κ2) is 5.22. The van der Waals surface area contributed by atoms with E-state index in [1.54, 1.807) is 11.4 Å². The van der Waals surface area contributed by atoms with Crippen molar-refractivity contribution in [2.75, 3.05) is 0 Å². The van der Waals surface area contributed by atoms with Crippen LogP contribution in [-0.4, -0.2) is 5.78 Å². The van der Waals surface area contributed by atoms with Crippen molar-refractivity contribution in [2.24, 2.45) is 0 Å². The van der Waals surface area contributed by atoms with Gasteiger partial charge in [-0.2, -0.15) is 0 Å². The molecule has 88 valence electrons. The lowest BCUT2D eigenvalue weighted by atomic mass is 10.0. The van der Waals surface area contributed by atoms with E-state index in [0.717, 1.165) is 15.0 Å². The molecule has 1 aromatic heterocycles. The van der Waals surface area contributed by atoms with Crippen LogP contribution in [0, 0.1) is 14.5 Å². The van der Waals surface area contributed by atoms with Crippen LogP contribution in [0.3, 0.4) is 0 Å². The summed E-state index contributed by atoms with van der Waals surface area (Å²) in [6.45, 7) is 0. The van der Waals surface area contributed by atoms with Crippen molar-refractivity contribution in [1.29, 1.82) is 0 Å². The second-order valence-electron chi connectivity index (χ2n) is 3.48.